The predicted octanol–water partition coefficient (Wildman–Crippen LogP) is 2.79. The third-order valence-corrected chi connectivity index (χ3v) is 7.04. The van der Waals surface area contributed by atoms with E-state index in [1.54, 1.807) is 0 Å². The van der Waals surface area contributed by atoms with Crippen LogP contribution in [0.2, 0.25) is 0 Å². The van der Waals surface area contributed by atoms with Crippen LogP contribution in [-0.2, 0) is 22.7 Å². The average Bonchev–Trinajstić information content (AvgIpc) is 3.59. The Kier molecular flexibility index (Phi) is 5.63. The van der Waals surface area contributed by atoms with E-state index in [4.69, 9.17) is 5.14 Å². The van der Waals surface area contributed by atoms with Gasteiger partial charge in [-0.2, -0.15) is 31.4 Å². The van der Waals surface area contributed by atoms with E-state index >= 15 is 0 Å². The number of alkyl halides is 6. The molecule has 2 atom stereocenters. The number of pyridine rings is 1. The summed E-state index contributed by atoms with van der Waals surface area (Å²) in [5, 5.41) is 19.7. The summed E-state index contributed by atoms with van der Waals surface area (Å²) in [6.07, 6.45) is -8.36. The summed E-state index contributed by atoms with van der Waals surface area (Å²) in [5.41, 5.74) is -4.51. The van der Waals surface area contributed by atoms with Crippen LogP contribution in [0.15, 0.2) is 23.4 Å². The van der Waals surface area contributed by atoms with Gasteiger partial charge in [-0.05, 0) is 24.7 Å². The Morgan fingerprint density at radius 1 is 1.31 bits per heavy atom. The highest BCUT2D eigenvalue weighted by Crippen LogP contribution is 2.61. The van der Waals surface area contributed by atoms with Gasteiger partial charge in [-0.25, -0.2) is 13.6 Å². The van der Waals surface area contributed by atoms with Crippen LogP contribution in [0, 0.1) is 11.3 Å². The van der Waals surface area contributed by atoms with Gasteiger partial charge in [0.05, 0.1) is 23.4 Å². The third kappa shape index (κ3) is 4.94. The van der Waals surface area contributed by atoms with E-state index in [2.05, 4.69) is 10.4 Å². The number of rotatable bonds is 6. The Hall–Kier alpha value is -2.88. The van der Waals surface area contributed by atoms with Gasteiger partial charge in [0.2, 0.25) is 6.20 Å². The number of anilines is 1. The van der Waals surface area contributed by atoms with Gasteiger partial charge in [-0.15, -0.1) is 0 Å². The lowest BCUT2D eigenvalue weighted by atomic mass is 10.1. The largest absolute Gasteiger partial charge is 0.420 e. The molecule has 0 bridgehead atoms. The molecule has 16 heteroatoms. The van der Waals surface area contributed by atoms with Crippen LogP contribution in [0.1, 0.15) is 53.8 Å². The summed E-state index contributed by atoms with van der Waals surface area (Å²) < 4.78 is 106. The monoisotopic (exact) mass is 528 g/mol. The Morgan fingerprint density at radius 3 is 2.43 bits per heavy atom. The molecule has 2 fully saturated rings. The molecule has 9 nitrogen and oxygen atoms in total. The highest BCUT2D eigenvalue weighted by atomic mass is 32.2. The molecular formula is C19H20F6N5O4S+. The lowest BCUT2D eigenvalue weighted by molar-refractivity contribution is -0.932. The van der Waals surface area contributed by atoms with Gasteiger partial charge in [0, 0.05) is 23.3 Å². The van der Waals surface area contributed by atoms with Gasteiger partial charge < -0.3 is 5.32 Å². The van der Waals surface area contributed by atoms with Crippen molar-refractivity contribution in [3.05, 3.63) is 35.3 Å². The van der Waals surface area contributed by atoms with Crippen molar-refractivity contribution in [3.8, 4) is 0 Å². The van der Waals surface area contributed by atoms with Gasteiger partial charge in [-0.1, -0.05) is 6.92 Å². The summed E-state index contributed by atoms with van der Waals surface area (Å²) in [7, 11) is -4.47. The molecule has 35 heavy (non-hydrogen) atoms. The maximum Gasteiger partial charge on any atom is 0.420 e. The molecule has 192 valence electrons. The minimum Gasteiger partial charge on any atom is -0.320 e. The molecule has 2 aromatic rings. The smallest absolute Gasteiger partial charge is 0.320 e. The van der Waals surface area contributed by atoms with Crippen molar-refractivity contribution in [1.29, 1.82) is 0 Å². The third-order valence-electron chi connectivity index (χ3n) is 6.15. The fraction of sp³-hybridized carbons (Fsp3) is 0.526. The number of hydrogen-bond donors (Lipinski definition) is 3. The number of aromatic nitrogens is 3. The van der Waals surface area contributed by atoms with Crippen LogP contribution in [0.4, 0.5) is 32.0 Å². The van der Waals surface area contributed by atoms with E-state index in [1.165, 1.54) is 6.92 Å². The second-order valence-corrected chi connectivity index (χ2v) is 10.6. The average molecular weight is 528 g/mol. The van der Waals surface area contributed by atoms with Gasteiger partial charge in [0.25, 0.3) is 5.91 Å². The Balaban J connectivity index is 1.76. The number of amides is 1. The van der Waals surface area contributed by atoms with E-state index in [9.17, 15) is 44.8 Å². The number of nitrogens with two attached hydrogens (primary N) is 1. The molecular weight excluding hydrogens is 508 g/mol. The molecule has 2 unspecified atom stereocenters. The lowest BCUT2D eigenvalue weighted by Gasteiger charge is -2.17. The Bertz CT molecular complexity index is 1300. The number of nitrogens with one attached hydrogen (secondary N) is 1. The molecule has 2 saturated carbocycles. The van der Waals surface area contributed by atoms with Crippen LogP contribution in [-0.4, -0.2) is 35.5 Å². The van der Waals surface area contributed by atoms with Crippen LogP contribution in [0.5, 0.6) is 0 Å². The number of halogens is 6. The fourth-order valence-electron chi connectivity index (χ4n) is 4.13. The van der Waals surface area contributed by atoms with Crippen LogP contribution >= 0.6 is 0 Å². The van der Waals surface area contributed by atoms with Crippen molar-refractivity contribution in [2.24, 2.45) is 16.5 Å². The first-order valence-electron chi connectivity index (χ1n) is 10.3. The zero-order valence-corrected chi connectivity index (χ0v) is 18.8. The maximum atomic E-state index is 14.1. The Morgan fingerprint density at radius 2 is 1.94 bits per heavy atom. The molecule has 0 aromatic carbocycles. The van der Waals surface area contributed by atoms with E-state index in [0.717, 1.165) is 12.3 Å². The molecule has 0 radical (unpaired) electrons. The number of carbonyl (C=O) groups excluding carboxylic acids is 1. The number of primary sulfonamides is 1. The minimum absolute atomic E-state index is 0.132. The number of carbonyl (C=O) groups is 1. The zero-order valence-electron chi connectivity index (χ0n) is 18.0. The Labute approximate surface area is 194 Å². The molecule has 2 aliphatic rings. The maximum absolute atomic E-state index is 14.1. The minimum atomic E-state index is -5.03. The first kappa shape index (κ1) is 25.2. The number of nitrogens with zero attached hydrogens (tertiary/aromatic N) is 3. The molecule has 2 aromatic heterocycles. The SMILES string of the molecule is CC1(Cn2nc(C3CC3)c(C(F)(F)F)c2C(=O)Nc2cc[n+](O)c(S(N)(=O)=O)c2)CC1C(F)(F)F. The van der Waals surface area contributed by atoms with Crippen LogP contribution < -0.4 is 15.2 Å². The van der Waals surface area contributed by atoms with Crippen molar-refractivity contribution >= 4 is 21.6 Å². The lowest BCUT2D eigenvalue weighted by Crippen LogP contribution is -2.39. The molecule has 1 amide bonds. The van der Waals surface area contributed by atoms with Gasteiger partial charge in [0.15, 0.2) is 0 Å². The van der Waals surface area contributed by atoms with Crippen molar-refractivity contribution in [1.82, 2.24) is 9.78 Å². The molecule has 2 aliphatic carbocycles. The van der Waals surface area contributed by atoms with Crippen molar-refractivity contribution in [2.75, 3.05) is 5.32 Å². The van der Waals surface area contributed by atoms with Gasteiger partial charge >= 0.3 is 27.4 Å². The summed E-state index contributed by atoms with van der Waals surface area (Å²) >= 11 is 0. The molecule has 0 spiro atoms. The fourth-order valence-corrected chi connectivity index (χ4v) is 4.75. The summed E-state index contributed by atoms with van der Waals surface area (Å²) in [5.74, 6) is -3.69. The summed E-state index contributed by atoms with van der Waals surface area (Å²) in [4.78, 5) is 13.0. The quantitative estimate of drug-likeness (QED) is 0.302. The molecule has 4 rings (SSSR count). The van der Waals surface area contributed by atoms with E-state index in [0.29, 0.717) is 23.6 Å². The van der Waals surface area contributed by atoms with Crippen molar-refractivity contribution < 1.29 is 49.5 Å². The predicted molar refractivity (Wildman–Crippen MR) is 105 cm³/mol. The van der Waals surface area contributed by atoms with Crippen LogP contribution in [0.25, 0.3) is 0 Å². The molecule has 4 N–H and O–H groups in total. The second-order valence-electron chi connectivity index (χ2n) is 9.09. The van der Waals surface area contributed by atoms with Crippen LogP contribution in [0.3, 0.4) is 0 Å². The van der Waals surface area contributed by atoms with Crippen molar-refractivity contribution in [2.45, 2.75) is 56.0 Å². The normalized spacial score (nSPS) is 22.8. The zero-order chi connectivity index (χ0) is 26.1. The highest BCUT2D eigenvalue weighted by molar-refractivity contribution is 7.89. The van der Waals surface area contributed by atoms with E-state index in [-0.39, 0.29) is 16.8 Å². The van der Waals surface area contributed by atoms with E-state index < -0.39 is 74.1 Å². The standard InChI is InChI=1S/C19H19F6N5O4S/c1-17(7-11(17)18(20,21)22)8-29-15(13(19(23,24)25)14(28-29)9-2-3-9)16(31)27-10-4-5-30(32)12(6-10)35(26,33)34/h4-6,9,11,32H,2-3,7-8H2,1H3,(H2,26,33,34)/p+1. The topological polar surface area (TPSA) is 131 Å². The van der Waals surface area contributed by atoms with Crippen molar-refractivity contribution in [3.63, 3.8) is 0 Å². The highest BCUT2D eigenvalue weighted by Gasteiger charge is 2.64. The summed E-state index contributed by atoms with van der Waals surface area (Å²) in [6.45, 7) is 0.678. The van der Waals surface area contributed by atoms with E-state index in [1.807, 2.05) is 0 Å². The molecule has 2 heterocycles. The summed E-state index contributed by atoms with van der Waals surface area (Å²) in [6, 6.07) is 1.70. The second kappa shape index (κ2) is 7.81. The van der Waals surface area contributed by atoms with Gasteiger partial charge in [-0.3, -0.25) is 14.7 Å². The molecule has 0 saturated heterocycles. The number of sulfonamides is 1. The number of hydrogen-bond acceptors (Lipinski definition) is 5. The first-order chi connectivity index (χ1) is 15.9. The first-order valence-corrected chi connectivity index (χ1v) is 11.8. The molecule has 0 aliphatic heterocycles. The van der Waals surface area contributed by atoms with Gasteiger partial charge in [0.1, 0.15) is 11.3 Å².